The molecule has 204 valence electrons. The second kappa shape index (κ2) is 12.5. The molecule has 4 rings (SSSR count). The Morgan fingerprint density at radius 3 is 2.49 bits per heavy atom. The lowest BCUT2D eigenvalue weighted by Crippen LogP contribution is -2.58. The largest absolute Gasteiger partial charge is 0.368 e. The maximum absolute atomic E-state index is 13.7. The van der Waals surface area contributed by atoms with Crippen LogP contribution >= 0.6 is 11.8 Å². The predicted octanol–water partition coefficient (Wildman–Crippen LogP) is 2.36. The molecule has 3 atom stereocenters. The Morgan fingerprint density at radius 1 is 1.05 bits per heavy atom. The number of aromatic nitrogens is 1. The van der Waals surface area contributed by atoms with Crippen LogP contribution < -0.4 is 21.7 Å². The minimum atomic E-state index is -1.05. The van der Waals surface area contributed by atoms with Crippen LogP contribution in [0.15, 0.2) is 77.8 Å². The van der Waals surface area contributed by atoms with E-state index in [1.807, 2.05) is 54.8 Å². The highest BCUT2D eigenvalue weighted by molar-refractivity contribution is 7.98. The molecule has 1 aliphatic heterocycles. The van der Waals surface area contributed by atoms with E-state index in [1.54, 1.807) is 47.8 Å². The van der Waals surface area contributed by atoms with Crippen molar-refractivity contribution < 1.29 is 19.2 Å². The molecular formula is C28H32N6O4S. The quantitative estimate of drug-likeness (QED) is 0.304. The fraction of sp³-hybridized carbons (Fsp3) is 0.286. The molecule has 1 aliphatic rings. The van der Waals surface area contributed by atoms with Crippen LogP contribution in [0.3, 0.4) is 0 Å². The lowest BCUT2D eigenvalue weighted by Gasteiger charge is -2.29. The molecule has 11 heteroatoms. The van der Waals surface area contributed by atoms with Crippen molar-refractivity contribution in [3.05, 3.63) is 84.2 Å². The van der Waals surface area contributed by atoms with E-state index in [0.29, 0.717) is 17.8 Å². The number of nitrogens with zero attached hydrogens (tertiary/aromatic N) is 2. The van der Waals surface area contributed by atoms with Gasteiger partial charge in [0.2, 0.25) is 11.8 Å². The Hall–Kier alpha value is -4.25. The number of thioether (sulfide) groups is 1. The van der Waals surface area contributed by atoms with E-state index in [1.165, 1.54) is 4.90 Å². The van der Waals surface area contributed by atoms with Crippen LogP contribution in [0, 0.1) is 0 Å². The van der Waals surface area contributed by atoms with E-state index >= 15 is 0 Å². The third kappa shape index (κ3) is 6.80. The molecule has 0 bridgehead atoms. The van der Waals surface area contributed by atoms with Gasteiger partial charge in [0.25, 0.3) is 5.91 Å². The van der Waals surface area contributed by atoms with Crippen LogP contribution in [0.2, 0.25) is 0 Å². The summed E-state index contributed by atoms with van der Waals surface area (Å²) >= 11 is 1.55. The summed E-state index contributed by atoms with van der Waals surface area (Å²) in [5.41, 5.74) is 7.46. The summed E-state index contributed by atoms with van der Waals surface area (Å²) in [5.74, 6) is -1.61. The number of likely N-dealkylation sites (tertiary alicyclic amines) is 1. The summed E-state index contributed by atoms with van der Waals surface area (Å²) < 4.78 is 1.67. The lowest BCUT2D eigenvalue weighted by molar-refractivity contribution is -0.130. The van der Waals surface area contributed by atoms with Crippen LogP contribution in [0.25, 0.3) is 0 Å². The monoisotopic (exact) mass is 548 g/mol. The van der Waals surface area contributed by atoms with Crippen LogP contribution in [0.4, 0.5) is 10.5 Å². The average Bonchev–Trinajstić information content (AvgIpc) is 3.54. The molecule has 0 saturated carbocycles. The summed E-state index contributed by atoms with van der Waals surface area (Å²) in [5, 5.41) is 8.39. The van der Waals surface area contributed by atoms with Gasteiger partial charge in [0.15, 0.2) is 0 Å². The molecule has 2 aromatic carbocycles. The summed E-state index contributed by atoms with van der Waals surface area (Å²) in [6.07, 6.45) is 4.24. The first kappa shape index (κ1) is 27.8. The predicted molar refractivity (Wildman–Crippen MR) is 150 cm³/mol. The van der Waals surface area contributed by atoms with Gasteiger partial charge in [-0.2, -0.15) is 0 Å². The first-order chi connectivity index (χ1) is 18.8. The van der Waals surface area contributed by atoms with Gasteiger partial charge >= 0.3 is 6.03 Å². The number of hydrogen-bond acceptors (Lipinski definition) is 5. The SMILES string of the molecule is CSc1cccc(NC(=O)NC2CCN(C(=O)c3cccn3C)C2C(=O)NC(Cc2ccccc2)C(N)=O)c1. The summed E-state index contributed by atoms with van der Waals surface area (Å²) in [6.45, 7) is 0.245. The molecule has 0 spiro atoms. The van der Waals surface area contributed by atoms with Gasteiger partial charge < -0.3 is 31.2 Å². The van der Waals surface area contributed by atoms with Crippen LogP contribution in [-0.4, -0.2) is 64.1 Å². The third-order valence-electron chi connectivity index (χ3n) is 6.68. The highest BCUT2D eigenvalue weighted by Crippen LogP contribution is 2.23. The molecule has 5 N–H and O–H groups in total. The van der Waals surface area contributed by atoms with Crippen molar-refractivity contribution >= 4 is 41.2 Å². The number of amides is 5. The number of nitrogens with two attached hydrogens (primary N) is 1. The number of primary amides is 1. The zero-order chi connectivity index (χ0) is 27.9. The second-order valence-electron chi connectivity index (χ2n) is 9.33. The zero-order valence-corrected chi connectivity index (χ0v) is 22.6. The van der Waals surface area contributed by atoms with Crippen molar-refractivity contribution in [2.45, 2.75) is 35.9 Å². The van der Waals surface area contributed by atoms with Crippen molar-refractivity contribution in [1.29, 1.82) is 0 Å². The average molecular weight is 549 g/mol. The smallest absolute Gasteiger partial charge is 0.319 e. The van der Waals surface area contributed by atoms with E-state index in [-0.39, 0.29) is 18.9 Å². The van der Waals surface area contributed by atoms with Gasteiger partial charge in [-0.3, -0.25) is 14.4 Å². The number of carbonyl (C=O) groups excluding carboxylic acids is 4. The van der Waals surface area contributed by atoms with Crippen molar-refractivity contribution in [3.8, 4) is 0 Å². The number of carbonyl (C=O) groups is 4. The number of nitrogens with one attached hydrogen (secondary N) is 3. The number of aryl methyl sites for hydroxylation is 1. The highest BCUT2D eigenvalue weighted by Gasteiger charge is 2.44. The first-order valence-corrected chi connectivity index (χ1v) is 13.8. The van der Waals surface area contributed by atoms with E-state index in [0.717, 1.165) is 10.5 Å². The summed E-state index contributed by atoms with van der Waals surface area (Å²) in [6, 6.07) is 16.8. The molecule has 0 aliphatic carbocycles. The fourth-order valence-electron chi connectivity index (χ4n) is 4.69. The van der Waals surface area contributed by atoms with Crippen molar-refractivity contribution in [2.75, 3.05) is 18.1 Å². The van der Waals surface area contributed by atoms with Gasteiger partial charge in [-0.05, 0) is 48.6 Å². The molecule has 0 radical (unpaired) electrons. The Bertz CT molecular complexity index is 1340. The molecule has 39 heavy (non-hydrogen) atoms. The summed E-state index contributed by atoms with van der Waals surface area (Å²) in [7, 11) is 1.74. The van der Waals surface area contributed by atoms with Gasteiger partial charge in [-0.25, -0.2) is 4.79 Å². The fourth-order valence-corrected chi connectivity index (χ4v) is 5.15. The molecule has 3 unspecified atom stereocenters. The summed E-state index contributed by atoms with van der Waals surface area (Å²) in [4.78, 5) is 54.7. The van der Waals surface area contributed by atoms with Gasteiger partial charge in [0.1, 0.15) is 17.8 Å². The molecule has 10 nitrogen and oxygen atoms in total. The molecule has 1 saturated heterocycles. The normalized spacial score (nSPS) is 17.3. The zero-order valence-electron chi connectivity index (χ0n) is 21.8. The number of anilines is 1. The molecule has 1 aromatic heterocycles. The third-order valence-corrected chi connectivity index (χ3v) is 7.40. The first-order valence-electron chi connectivity index (χ1n) is 12.5. The van der Waals surface area contributed by atoms with Crippen molar-refractivity contribution in [2.24, 2.45) is 12.8 Å². The minimum absolute atomic E-state index is 0.199. The van der Waals surface area contributed by atoms with E-state index in [2.05, 4.69) is 16.0 Å². The van der Waals surface area contributed by atoms with Gasteiger partial charge in [-0.1, -0.05) is 36.4 Å². The van der Waals surface area contributed by atoms with E-state index in [4.69, 9.17) is 5.73 Å². The lowest BCUT2D eigenvalue weighted by atomic mass is 10.0. The molecular weight excluding hydrogens is 516 g/mol. The van der Waals surface area contributed by atoms with Gasteiger partial charge in [0.05, 0.1) is 6.04 Å². The Kier molecular flexibility index (Phi) is 8.92. The Morgan fingerprint density at radius 2 is 1.82 bits per heavy atom. The van der Waals surface area contributed by atoms with Crippen LogP contribution in [0.1, 0.15) is 22.5 Å². The second-order valence-corrected chi connectivity index (χ2v) is 10.2. The number of hydrogen-bond donors (Lipinski definition) is 4. The van der Waals surface area contributed by atoms with Gasteiger partial charge in [-0.15, -0.1) is 11.8 Å². The minimum Gasteiger partial charge on any atom is -0.368 e. The van der Waals surface area contributed by atoms with Crippen molar-refractivity contribution in [1.82, 2.24) is 20.1 Å². The number of benzene rings is 2. The maximum atomic E-state index is 13.7. The molecule has 5 amide bonds. The maximum Gasteiger partial charge on any atom is 0.319 e. The number of urea groups is 1. The van der Waals surface area contributed by atoms with Gasteiger partial charge in [0, 0.05) is 36.8 Å². The van der Waals surface area contributed by atoms with Crippen molar-refractivity contribution in [3.63, 3.8) is 0 Å². The van der Waals surface area contributed by atoms with Crippen LogP contribution in [-0.2, 0) is 23.1 Å². The standard InChI is InChI=1S/C28H32N6O4S/c1-33-14-7-12-23(33)27(37)34-15-13-21(32-28(38)30-19-10-6-11-20(17-19)39-2)24(34)26(36)31-22(25(29)35)16-18-8-4-3-5-9-18/h3-12,14,17,21-22,24H,13,15-16H2,1-2H3,(H2,29,35)(H,31,36)(H2,30,32,38). The Balaban J connectivity index is 1.54. The number of rotatable bonds is 9. The van der Waals surface area contributed by atoms with E-state index < -0.39 is 36.0 Å². The Labute approximate surface area is 231 Å². The molecule has 3 aromatic rings. The van der Waals surface area contributed by atoms with Crippen LogP contribution in [0.5, 0.6) is 0 Å². The van der Waals surface area contributed by atoms with E-state index in [9.17, 15) is 19.2 Å². The molecule has 2 heterocycles. The molecule has 1 fully saturated rings. The highest BCUT2D eigenvalue weighted by atomic mass is 32.2. The topological polar surface area (TPSA) is 139 Å².